The molecule has 0 radical (unpaired) electrons. The normalized spacial score (nSPS) is 10.2. The third kappa shape index (κ3) is 3.08. The van der Waals surface area contributed by atoms with Gasteiger partial charge in [0.25, 0.3) is 5.91 Å². The van der Waals surface area contributed by atoms with Gasteiger partial charge in [0.1, 0.15) is 5.56 Å². The molecular formula is C13H11BrClN3O2. The molecule has 2 aromatic rings. The molecule has 0 saturated carbocycles. The second-order valence-electron chi connectivity index (χ2n) is 3.95. The maximum absolute atomic E-state index is 12.3. The van der Waals surface area contributed by atoms with E-state index in [1.165, 1.54) is 13.3 Å². The van der Waals surface area contributed by atoms with Crippen LogP contribution in [0.2, 0.25) is 5.28 Å². The minimum atomic E-state index is -0.367. The molecule has 0 aliphatic rings. The van der Waals surface area contributed by atoms with E-state index in [-0.39, 0.29) is 22.6 Å². The second kappa shape index (κ2) is 6.19. The fraction of sp³-hybridized carbons (Fsp3) is 0.154. The lowest BCUT2D eigenvalue weighted by Crippen LogP contribution is -2.15. The van der Waals surface area contributed by atoms with Crippen molar-refractivity contribution in [2.24, 2.45) is 0 Å². The fourth-order valence-corrected chi connectivity index (χ4v) is 2.32. The Morgan fingerprint density at radius 2 is 2.20 bits per heavy atom. The van der Waals surface area contributed by atoms with Crippen molar-refractivity contribution in [1.29, 1.82) is 0 Å². The summed E-state index contributed by atoms with van der Waals surface area (Å²) in [5.41, 5.74) is 1.84. The molecule has 0 spiro atoms. The Balaban J connectivity index is 2.33. The molecule has 1 aromatic heterocycles. The molecule has 0 aliphatic carbocycles. The molecule has 1 heterocycles. The van der Waals surface area contributed by atoms with Gasteiger partial charge in [-0.1, -0.05) is 12.1 Å². The molecule has 2 rings (SSSR count). The molecule has 0 fully saturated rings. The number of rotatable bonds is 3. The topological polar surface area (TPSA) is 64.1 Å². The maximum Gasteiger partial charge on any atom is 0.262 e. The Morgan fingerprint density at radius 1 is 1.45 bits per heavy atom. The highest BCUT2D eigenvalue weighted by Crippen LogP contribution is 2.27. The molecule has 20 heavy (non-hydrogen) atoms. The minimum Gasteiger partial charge on any atom is -0.480 e. The van der Waals surface area contributed by atoms with Gasteiger partial charge in [0, 0.05) is 10.7 Å². The van der Waals surface area contributed by atoms with E-state index in [2.05, 4.69) is 31.2 Å². The number of ether oxygens (including phenoxy) is 1. The lowest BCUT2D eigenvalue weighted by Gasteiger charge is -2.11. The zero-order chi connectivity index (χ0) is 14.7. The maximum atomic E-state index is 12.3. The van der Waals surface area contributed by atoms with Crippen LogP contribution < -0.4 is 10.1 Å². The Kier molecular flexibility index (Phi) is 4.57. The highest BCUT2D eigenvalue weighted by atomic mass is 79.9. The van der Waals surface area contributed by atoms with Crippen LogP contribution in [0.3, 0.4) is 0 Å². The van der Waals surface area contributed by atoms with E-state index in [9.17, 15) is 4.79 Å². The van der Waals surface area contributed by atoms with Crippen molar-refractivity contribution >= 4 is 39.1 Å². The molecule has 1 aromatic carbocycles. The van der Waals surface area contributed by atoms with Crippen LogP contribution in [-0.2, 0) is 0 Å². The smallest absolute Gasteiger partial charge is 0.262 e. The van der Waals surface area contributed by atoms with Crippen LogP contribution in [0.4, 0.5) is 5.69 Å². The van der Waals surface area contributed by atoms with Crippen LogP contribution in [-0.4, -0.2) is 23.0 Å². The number of amides is 1. The quantitative estimate of drug-likeness (QED) is 0.855. The largest absolute Gasteiger partial charge is 0.480 e. The monoisotopic (exact) mass is 355 g/mol. The first-order chi connectivity index (χ1) is 9.52. The number of hydrogen-bond acceptors (Lipinski definition) is 4. The average Bonchev–Trinajstić information content (AvgIpc) is 2.42. The number of aromatic nitrogens is 2. The van der Waals surface area contributed by atoms with Gasteiger partial charge in [-0.05, 0) is 46.1 Å². The Labute approximate surface area is 129 Å². The van der Waals surface area contributed by atoms with E-state index in [1.807, 2.05) is 25.1 Å². The van der Waals surface area contributed by atoms with Gasteiger partial charge in [0.15, 0.2) is 0 Å². The zero-order valence-electron chi connectivity index (χ0n) is 10.8. The molecule has 0 aliphatic heterocycles. The van der Waals surface area contributed by atoms with Crippen molar-refractivity contribution < 1.29 is 9.53 Å². The van der Waals surface area contributed by atoms with Gasteiger partial charge >= 0.3 is 0 Å². The first kappa shape index (κ1) is 14.7. The number of anilines is 1. The summed E-state index contributed by atoms with van der Waals surface area (Å²) in [4.78, 5) is 19.9. The number of nitrogens with zero attached hydrogens (tertiary/aromatic N) is 2. The van der Waals surface area contributed by atoms with E-state index in [0.29, 0.717) is 5.69 Å². The van der Waals surface area contributed by atoms with Crippen molar-refractivity contribution in [3.8, 4) is 5.88 Å². The van der Waals surface area contributed by atoms with Crippen LogP contribution in [0.5, 0.6) is 5.88 Å². The number of carbonyl (C=O) groups excluding carboxylic acids is 1. The van der Waals surface area contributed by atoms with E-state index < -0.39 is 0 Å². The Morgan fingerprint density at radius 3 is 2.85 bits per heavy atom. The van der Waals surface area contributed by atoms with Crippen molar-refractivity contribution in [3.05, 3.63) is 45.3 Å². The predicted octanol–water partition coefficient (Wildman–Crippen LogP) is 3.46. The molecule has 1 amide bonds. The van der Waals surface area contributed by atoms with Crippen LogP contribution in [0.1, 0.15) is 15.9 Å². The van der Waals surface area contributed by atoms with Gasteiger partial charge in [-0.15, -0.1) is 0 Å². The highest BCUT2D eigenvalue weighted by molar-refractivity contribution is 9.10. The summed E-state index contributed by atoms with van der Waals surface area (Å²) in [5.74, 6) is -0.235. The third-order valence-electron chi connectivity index (χ3n) is 2.62. The van der Waals surface area contributed by atoms with E-state index in [1.54, 1.807) is 0 Å². The standard InChI is InChI=1S/C13H11BrClN3O2/c1-7-4-3-5-9(14)10(7)17-11(19)8-6-16-13(15)18-12(8)20-2/h3-6H,1-2H3,(H,17,19). The third-order valence-corrected chi connectivity index (χ3v) is 3.47. The molecule has 1 N–H and O–H groups in total. The van der Waals surface area contributed by atoms with Gasteiger partial charge in [0.05, 0.1) is 12.8 Å². The number of para-hydroxylation sites is 1. The van der Waals surface area contributed by atoms with Crippen LogP contribution in [0.15, 0.2) is 28.9 Å². The van der Waals surface area contributed by atoms with E-state index >= 15 is 0 Å². The summed E-state index contributed by atoms with van der Waals surface area (Å²) in [6.45, 7) is 1.90. The number of aryl methyl sites for hydroxylation is 1. The number of carbonyl (C=O) groups is 1. The van der Waals surface area contributed by atoms with Gasteiger partial charge < -0.3 is 10.1 Å². The molecule has 0 unspecified atom stereocenters. The first-order valence-electron chi connectivity index (χ1n) is 5.66. The summed E-state index contributed by atoms with van der Waals surface area (Å²) in [6.07, 6.45) is 1.33. The summed E-state index contributed by atoms with van der Waals surface area (Å²) < 4.78 is 5.83. The van der Waals surface area contributed by atoms with Crippen LogP contribution in [0, 0.1) is 6.92 Å². The van der Waals surface area contributed by atoms with Crippen molar-refractivity contribution in [1.82, 2.24) is 9.97 Å². The average molecular weight is 357 g/mol. The van der Waals surface area contributed by atoms with Crippen molar-refractivity contribution in [2.45, 2.75) is 6.92 Å². The number of hydrogen-bond donors (Lipinski definition) is 1. The van der Waals surface area contributed by atoms with Crippen LogP contribution in [0.25, 0.3) is 0 Å². The first-order valence-corrected chi connectivity index (χ1v) is 6.83. The lowest BCUT2D eigenvalue weighted by molar-refractivity contribution is 0.102. The molecule has 104 valence electrons. The van der Waals surface area contributed by atoms with Gasteiger partial charge in [-0.2, -0.15) is 4.98 Å². The summed E-state index contributed by atoms with van der Waals surface area (Å²) in [7, 11) is 1.42. The Bertz CT molecular complexity index is 644. The number of methoxy groups -OCH3 is 1. The number of benzene rings is 1. The fourth-order valence-electron chi connectivity index (χ4n) is 1.63. The summed E-state index contributed by atoms with van der Waals surface area (Å²) >= 11 is 9.07. The number of nitrogens with one attached hydrogen (secondary N) is 1. The molecular weight excluding hydrogens is 346 g/mol. The Hall–Kier alpha value is -1.66. The molecule has 0 atom stereocenters. The van der Waals surface area contributed by atoms with Gasteiger partial charge in [-0.25, -0.2) is 4.98 Å². The van der Waals surface area contributed by atoms with E-state index in [4.69, 9.17) is 16.3 Å². The van der Waals surface area contributed by atoms with Gasteiger partial charge in [-0.3, -0.25) is 4.79 Å². The molecule has 5 nitrogen and oxygen atoms in total. The van der Waals surface area contributed by atoms with Crippen molar-refractivity contribution in [2.75, 3.05) is 12.4 Å². The van der Waals surface area contributed by atoms with Crippen LogP contribution >= 0.6 is 27.5 Å². The molecule has 0 saturated heterocycles. The lowest BCUT2D eigenvalue weighted by atomic mass is 10.2. The molecule has 7 heteroatoms. The zero-order valence-corrected chi connectivity index (χ0v) is 13.1. The predicted molar refractivity (Wildman–Crippen MR) is 80.4 cm³/mol. The van der Waals surface area contributed by atoms with E-state index in [0.717, 1.165) is 10.0 Å². The second-order valence-corrected chi connectivity index (χ2v) is 5.14. The molecule has 0 bridgehead atoms. The highest BCUT2D eigenvalue weighted by Gasteiger charge is 2.17. The minimum absolute atomic E-state index is 0.0236. The van der Waals surface area contributed by atoms with Crippen molar-refractivity contribution in [3.63, 3.8) is 0 Å². The summed E-state index contributed by atoms with van der Waals surface area (Å²) in [5, 5.41) is 2.82. The SMILES string of the molecule is COc1nc(Cl)ncc1C(=O)Nc1c(C)cccc1Br. The summed E-state index contributed by atoms with van der Waals surface area (Å²) in [6, 6.07) is 5.63. The van der Waals surface area contributed by atoms with Gasteiger partial charge in [0.2, 0.25) is 11.2 Å². The number of halogens is 2.